The van der Waals surface area contributed by atoms with Crippen molar-refractivity contribution in [1.82, 2.24) is 0 Å². The van der Waals surface area contributed by atoms with Crippen molar-refractivity contribution in [3.05, 3.63) is 28.8 Å². The van der Waals surface area contributed by atoms with E-state index in [1.807, 2.05) is 12.1 Å². The Bertz CT molecular complexity index is 353. The molecular weight excluding hydrogens is 224 g/mol. The zero-order chi connectivity index (χ0) is 11.8. The number of unbranched alkanes of at least 4 members (excludes halogenated alkanes) is 2. The lowest BCUT2D eigenvalue weighted by Gasteiger charge is -2.07. The predicted octanol–water partition coefficient (Wildman–Crippen LogP) is 3.20. The molecule has 0 unspecified atom stereocenters. The Morgan fingerprint density at radius 1 is 1.44 bits per heavy atom. The molecule has 0 aliphatic rings. The highest BCUT2D eigenvalue weighted by atomic mass is 35.5. The normalized spacial score (nSPS) is 10.9. The third-order valence-electron chi connectivity index (χ3n) is 2.18. The molecule has 1 aromatic carbocycles. The zero-order valence-corrected chi connectivity index (χ0v) is 10.2. The summed E-state index contributed by atoms with van der Waals surface area (Å²) < 4.78 is 5.56. The molecule has 0 heterocycles. The van der Waals surface area contributed by atoms with Crippen LogP contribution in [0, 0.1) is 0 Å². The van der Waals surface area contributed by atoms with Crippen LogP contribution in [0.3, 0.4) is 0 Å². The first-order valence-corrected chi connectivity index (χ1v) is 5.81. The maximum Gasteiger partial charge on any atom is 0.137 e. The van der Waals surface area contributed by atoms with Crippen molar-refractivity contribution < 1.29 is 4.74 Å². The quantitative estimate of drug-likeness (QED) is 0.359. The summed E-state index contributed by atoms with van der Waals surface area (Å²) in [5.41, 5.74) is 0.869. The molecule has 0 bridgehead atoms. The molecule has 0 spiro atoms. The van der Waals surface area contributed by atoms with E-state index in [1.165, 1.54) is 12.8 Å². The van der Waals surface area contributed by atoms with Gasteiger partial charge in [0, 0.05) is 0 Å². The molecule has 3 nitrogen and oxygen atoms in total. The average molecular weight is 241 g/mol. The average Bonchev–Trinajstić information content (AvgIpc) is 2.27. The molecule has 1 aromatic rings. The molecule has 0 saturated heterocycles. The van der Waals surface area contributed by atoms with Gasteiger partial charge >= 0.3 is 0 Å². The largest absolute Gasteiger partial charge is 0.492 e. The van der Waals surface area contributed by atoms with Gasteiger partial charge in [-0.3, -0.25) is 0 Å². The second-order valence-corrected chi connectivity index (χ2v) is 3.93. The number of hydrazone groups is 1. The summed E-state index contributed by atoms with van der Waals surface area (Å²) in [6, 6.07) is 5.50. The minimum absolute atomic E-state index is 0.592. The van der Waals surface area contributed by atoms with E-state index in [9.17, 15) is 0 Å². The van der Waals surface area contributed by atoms with Crippen LogP contribution in [0.2, 0.25) is 5.02 Å². The molecule has 0 atom stereocenters. The van der Waals surface area contributed by atoms with Crippen molar-refractivity contribution in [2.24, 2.45) is 10.9 Å². The number of ether oxygens (including phenoxy) is 1. The minimum atomic E-state index is 0.592. The topological polar surface area (TPSA) is 47.6 Å². The highest BCUT2D eigenvalue weighted by Gasteiger charge is 2.01. The molecular formula is C12H17ClN2O. The van der Waals surface area contributed by atoms with Gasteiger partial charge in [-0.1, -0.05) is 31.4 Å². The molecule has 16 heavy (non-hydrogen) atoms. The van der Waals surface area contributed by atoms with Gasteiger partial charge in [0.15, 0.2) is 0 Å². The van der Waals surface area contributed by atoms with Gasteiger partial charge in [0.05, 0.1) is 17.8 Å². The zero-order valence-electron chi connectivity index (χ0n) is 9.45. The molecule has 0 aliphatic carbocycles. The third kappa shape index (κ3) is 4.11. The van der Waals surface area contributed by atoms with Gasteiger partial charge in [0.2, 0.25) is 0 Å². The van der Waals surface area contributed by atoms with Crippen LogP contribution < -0.4 is 10.6 Å². The first-order valence-electron chi connectivity index (χ1n) is 5.43. The summed E-state index contributed by atoms with van der Waals surface area (Å²) in [6.07, 6.45) is 4.96. The third-order valence-corrected chi connectivity index (χ3v) is 2.48. The molecule has 4 heteroatoms. The summed E-state index contributed by atoms with van der Waals surface area (Å²) >= 11 is 6.05. The molecule has 2 N–H and O–H groups in total. The van der Waals surface area contributed by atoms with Crippen LogP contribution in [0.4, 0.5) is 0 Å². The molecule has 0 saturated carbocycles. The van der Waals surface area contributed by atoms with E-state index >= 15 is 0 Å². The van der Waals surface area contributed by atoms with Gasteiger partial charge in [0.25, 0.3) is 0 Å². The fraction of sp³-hybridized carbons (Fsp3) is 0.417. The Balaban J connectivity index is 2.54. The Kier molecular flexibility index (Phi) is 5.72. The summed E-state index contributed by atoms with van der Waals surface area (Å²) in [6.45, 7) is 2.87. The van der Waals surface area contributed by atoms with Gasteiger partial charge in [-0.2, -0.15) is 5.10 Å². The van der Waals surface area contributed by atoms with E-state index in [4.69, 9.17) is 22.2 Å². The Morgan fingerprint density at radius 3 is 2.88 bits per heavy atom. The SMILES string of the molecule is CCCCCOc1ccc(C=NN)cc1Cl. The van der Waals surface area contributed by atoms with Gasteiger partial charge < -0.3 is 10.6 Å². The van der Waals surface area contributed by atoms with E-state index in [-0.39, 0.29) is 0 Å². The Morgan fingerprint density at radius 2 is 2.25 bits per heavy atom. The monoisotopic (exact) mass is 240 g/mol. The number of nitrogens with zero attached hydrogens (tertiary/aromatic N) is 1. The van der Waals surface area contributed by atoms with Gasteiger partial charge in [0.1, 0.15) is 5.75 Å². The van der Waals surface area contributed by atoms with Crippen LogP contribution in [0.1, 0.15) is 31.7 Å². The molecule has 0 radical (unpaired) electrons. The molecule has 0 amide bonds. The van der Waals surface area contributed by atoms with Crippen molar-refractivity contribution in [1.29, 1.82) is 0 Å². The van der Waals surface area contributed by atoms with Crippen molar-refractivity contribution in [3.8, 4) is 5.75 Å². The maximum absolute atomic E-state index is 6.05. The van der Waals surface area contributed by atoms with Gasteiger partial charge in [-0.05, 0) is 30.2 Å². The predicted molar refractivity (Wildman–Crippen MR) is 68.3 cm³/mol. The summed E-state index contributed by atoms with van der Waals surface area (Å²) in [5, 5.41) is 4.03. The maximum atomic E-state index is 6.05. The van der Waals surface area contributed by atoms with Crippen molar-refractivity contribution in [2.75, 3.05) is 6.61 Å². The molecule has 1 rings (SSSR count). The first-order chi connectivity index (χ1) is 7.77. The summed E-state index contributed by atoms with van der Waals surface area (Å²) in [4.78, 5) is 0. The van der Waals surface area contributed by atoms with Gasteiger partial charge in [-0.15, -0.1) is 0 Å². The highest BCUT2D eigenvalue weighted by molar-refractivity contribution is 6.32. The number of halogens is 1. The molecule has 88 valence electrons. The van der Waals surface area contributed by atoms with E-state index in [0.29, 0.717) is 17.4 Å². The van der Waals surface area contributed by atoms with Crippen molar-refractivity contribution >= 4 is 17.8 Å². The van der Waals surface area contributed by atoms with Crippen LogP contribution in [-0.4, -0.2) is 12.8 Å². The number of hydrogen-bond acceptors (Lipinski definition) is 3. The van der Waals surface area contributed by atoms with E-state index in [2.05, 4.69) is 12.0 Å². The smallest absolute Gasteiger partial charge is 0.137 e. The second kappa shape index (κ2) is 7.12. The molecule has 0 fully saturated rings. The Hall–Kier alpha value is -1.22. The Labute approximate surface area is 101 Å². The highest BCUT2D eigenvalue weighted by Crippen LogP contribution is 2.25. The lowest BCUT2D eigenvalue weighted by molar-refractivity contribution is 0.306. The van der Waals surface area contributed by atoms with Crippen LogP contribution in [0.15, 0.2) is 23.3 Å². The summed E-state index contributed by atoms with van der Waals surface area (Å²) in [7, 11) is 0. The van der Waals surface area contributed by atoms with E-state index in [0.717, 1.165) is 12.0 Å². The van der Waals surface area contributed by atoms with E-state index < -0.39 is 0 Å². The van der Waals surface area contributed by atoms with Crippen LogP contribution in [-0.2, 0) is 0 Å². The van der Waals surface area contributed by atoms with Crippen LogP contribution in [0.25, 0.3) is 0 Å². The lowest BCUT2D eigenvalue weighted by Crippen LogP contribution is -1.98. The lowest BCUT2D eigenvalue weighted by atomic mass is 10.2. The van der Waals surface area contributed by atoms with E-state index in [1.54, 1.807) is 12.3 Å². The number of benzene rings is 1. The fourth-order valence-corrected chi connectivity index (χ4v) is 1.58. The van der Waals surface area contributed by atoms with Gasteiger partial charge in [-0.25, -0.2) is 0 Å². The van der Waals surface area contributed by atoms with Crippen molar-refractivity contribution in [2.45, 2.75) is 26.2 Å². The van der Waals surface area contributed by atoms with Crippen LogP contribution >= 0.6 is 11.6 Å². The fourth-order valence-electron chi connectivity index (χ4n) is 1.33. The number of nitrogens with two attached hydrogens (primary N) is 1. The van der Waals surface area contributed by atoms with Crippen molar-refractivity contribution in [3.63, 3.8) is 0 Å². The molecule has 0 aromatic heterocycles. The number of hydrogen-bond donors (Lipinski definition) is 1. The number of rotatable bonds is 6. The summed E-state index contributed by atoms with van der Waals surface area (Å²) in [5.74, 6) is 5.77. The van der Waals surface area contributed by atoms with Crippen LogP contribution in [0.5, 0.6) is 5.75 Å². The standard InChI is InChI=1S/C12H17ClN2O/c1-2-3-4-7-16-12-6-5-10(9-15-14)8-11(12)13/h5-6,8-9H,2-4,7,14H2,1H3. The minimum Gasteiger partial charge on any atom is -0.492 e. The molecule has 0 aliphatic heterocycles. The first kappa shape index (κ1) is 12.8. The second-order valence-electron chi connectivity index (χ2n) is 3.52.